The molecule has 0 fully saturated rings. The average Bonchev–Trinajstić information content (AvgIpc) is 3.34. The van der Waals surface area contributed by atoms with Gasteiger partial charge in [0.1, 0.15) is 5.76 Å². The zero-order valence-corrected chi connectivity index (χ0v) is 13.5. The van der Waals surface area contributed by atoms with E-state index in [-0.39, 0.29) is 6.79 Å². The van der Waals surface area contributed by atoms with Gasteiger partial charge in [0.2, 0.25) is 13.2 Å². The molecule has 4 rings (SSSR count). The third kappa shape index (κ3) is 2.98. The summed E-state index contributed by atoms with van der Waals surface area (Å²) in [6.07, 6.45) is 2.03. The van der Waals surface area contributed by atoms with Crippen molar-refractivity contribution in [2.24, 2.45) is 0 Å². The molecule has 0 saturated carbocycles. The second kappa shape index (κ2) is 6.64. The summed E-state index contributed by atoms with van der Waals surface area (Å²) < 4.78 is 15.9. The van der Waals surface area contributed by atoms with Crippen molar-refractivity contribution in [2.45, 2.75) is 0 Å². The predicted molar refractivity (Wildman–Crippen MR) is 94.3 cm³/mol. The number of imide groups is 1. The van der Waals surface area contributed by atoms with Crippen molar-refractivity contribution in [2.75, 3.05) is 17.0 Å². The first-order valence-corrected chi connectivity index (χ1v) is 7.84. The van der Waals surface area contributed by atoms with Crippen LogP contribution in [-0.4, -0.2) is 19.2 Å². The van der Waals surface area contributed by atoms with E-state index in [4.69, 9.17) is 13.9 Å². The molecule has 1 N–H and O–H groups in total. The van der Waals surface area contributed by atoms with Gasteiger partial charge in [0.15, 0.2) is 11.5 Å². The van der Waals surface area contributed by atoms with Gasteiger partial charge in [0.25, 0.3) is 0 Å². The lowest BCUT2D eigenvalue weighted by Gasteiger charge is -2.17. The van der Waals surface area contributed by atoms with Crippen LogP contribution in [0.25, 0.3) is 11.3 Å². The normalized spacial score (nSPS) is 11.8. The molecule has 3 aromatic rings. The zero-order valence-electron chi connectivity index (χ0n) is 13.5. The predicted octanol–water partition coefficient (Wildman–Crippen LogP) is 3.87. The highest BCUT2D eigenvalue weighted by Crippen LogP contribution is 2.35. The van der Waals surface area contributed by atoms with Crippen molar-refractivity contribution in [3.8, 4) is 22.8 Å². The molecule has 7 heteroatoms. The number of nitrogens with one attached hydrogen (secondary N) is 1. The smallest absolute Gasteiger partial charge is 0.332 e. The van der Waals surface area contributed by atoms with E-state index in [1.165, 1.54) is 0 Å². The summed E-state index contributed by atoms with van der Waals surface area (Å²) in [5.41, 5.74) is 1.73. The van der Waals surface area contributed by atoms with Crippen molar-refractivity contribution in [1.29, 1.82) is 0 Å². The maximum Gasteiger partial charge on any atom is 0.332 e. The molecule has 2 aromatic carbocycles. The largest absolute Gasteiger partial charge is 0.464 e. The molecular formula is C19H14N2O5. The molecule has 0 spiro atoms. The molecule has 0 saturated heterocycles. The van der Waals surface area contributed by atoms with Crippen molar-refractivity contribution in [3.05, 3.63) is 60.9 Å². The van der Waals surface area contributed by atoms with E-state index in [0.717, 1.165) is 10.5 Å². The highest BCUT2D eigenvalue weighted by atomic mass is 16.7. The SMILES string of the molecule is O=CN(C(=O)Nc1cccc(-c2ccco2)c1)c1ccc2c(c1)OCO2. The number of hydrogen-bond donors (Lipinski definition) is 1. The third-order valence-corrected chi connectivity index (χ3v) is 3.88. The number of amides is 3. The molecule has 130 valence electrons. The van der Waals surface area contributed by atoms with E-state index >= 15 is 0 Å². The summed E-state index contributed by atoms with van der Waals surface area (Å²) in [6.45, 7) is 0.117. The number of hydrogen-bond acceptors (Lipinski definition) is 5. The summed E-state index contributed by atoms with van der Waals surface area (Å²) in [5.74, 6) is 1.75. The summed E-state index contributed by atoms with van der Waals surface area (Å²) in [5, 5.41) is 2.70. The lowest BCUT2D eigenvalue weighted by molar-refractivity contribution is -0.106. The number of nitrogens with zero attached hydrogens (tertiary/aromatic N) is 1. The van der Waals surface area contributed by atoms with Gasteiger partial charge in [-0.25, -0.2) is 9.69 Å². The molecule has 3 amide bonds. The Bertz CT molecular complexity index is 952. The Morgan fingerprint density at radius 3 is 2.73 bits per heavy atom. The first-order chi connectivity index (χ1) is 12.7. The molecule has 2 heterocycles. The fourth-order valence-electron chi connectivity index (χ4n) is 2.64. The van der Waals surface area contributed by atoms with E-state index in [1.807, 2.05) is 12.1 Å². The van der Waals surface area contributed by atoms with Gasteiger partial charge in [-0.05, 0) is 36.4 Å². The minimum absolute atomic E-state index is 0.117. The summed E-state index contributed by atoms with van der Waals surface area (Å²) >= 11 is 0. The highest BCUT2D eigenvalue weighted by Gasteiger charge is 2.20. The van der Waals surface area contributed by atoms with Gasteiger partial charge in [-0.2, -0.15) is 0 Å². The number of carbonyl (C=O) groups is 2. The topological polar surface area (TPSA) is 81.0 Å². The Labute approximate surface area is 148 Å². The summed E-state index contributed by atoms with van der Waals surface area (Å²) in [7, 11) is 0. The van der Waals surface area contributed by atoms with Gasteiger partial charge >= 0.3 is 6.03 Å². The second-order valence-corrected chi connectivity index (χ2v) is 5.50. The van der Waals surface area contributed by atoms with Gasteiger partial charge < -0.3 is 19.2 Å². The lowest BCUT2D eigenvalue weighted by atomic mass is 10.1. The maximum atomic E-state index is 12.5. The number of carbonyl (C=O) groups excluding carboxylic acids is 2. The number of benzene rings is 2. The van der Waals surface area contributed by atoms with E-state index in [2.05, 4.69) is 5.32 Å². The van der Waals surface area contributed by atoms with E-state index < -0.39 is 6.03 Å². The molecule has 1 aliphatic rings. The minimum Gasteiger partial charge on any atom is -0.464 e. The van der Waals surface area contributed by atoms with Crippen molar-refractivity contribution >= 4 is 23.8 Å². The molecule has 7 nitrogen and oxygen atoms in total. The third-order valence-electron chi connectivity index (χ3n) is 3.88. The molecule has 0 radical (unpaired) electrons. The average molecular weight is 350 g/mol. The molecule has 26 heavy (non-hydrogen) atoms. The van der Waals surface area contributed by atoms with Gasteiger partial charge in [-0.15, -0.1) is 0 Å². The van der Waals surface area contributed by atoms with Gasteiger partial charge in [0, 0.05) is 17.3 Å². The highest BCUT2D eigenvalue weighted by molar-refractivity contribution is 6.12. The molecular weight excluding hydrogens is 336 g/mol. The molecule has 1 aliphatic heterocycles. The van der Waals surface area contributed by atoms with Crippen LogP contribution in [0.2, 0.25) is 0 Å². The molecule has 1 aromatic heterocycles. The van der Waals surface area contributed by atoms with Crippen LogP contribution < -0.4 is 19.7 Å². The van der Waals surface area contributed by atoms with Crippen molar-refractivity contribution in [1.82, 2.24) is 0 Å². The van der Waals surface area contributed by atoms with Crippen LogP contribution >= 0.6 is 0 Å². The number of ether oxygens (including phenoxy) is 2. The van der Waals surface area contributed by atoms with Crippen LogP contribution in [0, 0.1) is 0 Å². The molecule has 0 unspecified atom stereocenters. The number of rotatable bonds is 4. The van der Waals surface area contributed by atoms with Crippen molar-refractivity contribution in [3.63, 3.8) is 0 Å². The van der Waals surface area contributed by atoms with E-state index in [1.54, 1.807) is 48.7 Å². The summed E-state index contributed by atoms with van der Waals surface area (Å²) in [6, 6.07) is 15.0. The van der Waals surface area contributed by atoms with Crippen LogP contribution in [-0.2, 0) is 4.79 Å². The number of fused-ring (bicyclic) bond motifs is 1. The number of urea groups is 1. The van der Waals surface area contributed by atoms with Gasteiger partial charge in [0.05, 0.1) is 12.0 Å². The van der Waals surface area contributed by atoms with Crippen molar-refractivity contribution < 1.29 is 23.5 Å². The first kappa shape index (κ1) is 15.8. The Morgan fingerprint density at radius 1 is 1.04 bits per heavy atom. The van der Waals surface area contributed by atoms with Gasteiger partial charge in [-0.3, -0.25) is 4.79 Å². The van der Waals surface area contributed by atoms with E-state index in [0.29, 0.717) is 35.0 Å². The van der Waals surface area contributed by atoms with E-state index in [9.17, 15) is 9.59 Å². The molecule has 0 atom stereocenters. The lowest BCUT2D eigenvalue weighted by Crippen LogP contribution is -2.33. The second-order valence-electron chi connectivity index (χ2n) is 5.50. The standard InChI is InChI=1S/C19H14N2O5/c22-11-21(15-6-7-17-18(10-15)26-12-25-17)19(23)20-14-4-1-3-13(9-14)16-5-2-8-24-16/h1-11H,12H2,(H,20,23). The maximum absolute atomic E-state index is 12.5. The Hall–Kier alpha value is -3.74. The quantitative estimate of drug-likeness (QED) is 0.723. The Kier molecular flexibility index (Phi) is 4.03. The Balaban J connectivity index is 1.55. The zero-order chi connectivity index (χ0) is 17.9. The van der Waals surface area contributed by atoms with Crippen LogP contribution in [0.4, 0.5) is 16.2 Å². The molecule has 0 bridgehead atoms. The fourth-order valence-corrected chi connectivity index (χ4v) is 2.64. The summed E-state index contributed by atoms with van der Waals surface area (Å²) in [4.78, 5) is 25.0. The number of furan rings is 1. The monoisotopic (exact) mass is 350 g/mol. The van der Waals surface area contributed by atoms with Crippen LogP contribution in [0.3, 0.4) is 0 Å². The van der Waals surface area contributed by atoms with Gasteiger partial charge in [-0.1, -0.05) is 12.1 Å². The fraction of sp³-hybridized carbons (Fsp3) is 0.0526. The van der Waals surface area contributed by atoms with Crippen LogP contribution in [0.15, 0.2) is 65.3 Å². The van der Waals surface area contributed by atoms with Crippen LogP contribution in [0.1, 0.15) is 0 Å². The van der Waals surface area contributed by atoms with Crippen LogP contribution in [0.5, 0.6) is 11.5 Å². The Morgan fingerprint density at radius 2 is 1.92 bits per heavy atom. The number of anilines is 2. The minimum atomic E-state index is -0.588. The first-order valence-electron chi connectivity index (χ1n) is 7.84. The molecule has 0 aliphatic carbocycles.